The molecule has 5 rings (SSSR count). The van der Waals surface area contributed by atoms with Crippen LogP contribution in [0.1, 0.15) is 88.5 Å². The Balaban J connectivity index is 1.53. The van der Waals surface area contributed by atoms with Crippen molar-refractivity contribution in [2.45, 2.75) is 91.0 Å². The monoisotopic (exact) mass is 624 g/mol. The summed E-state index contributed by atoms with van der Waals surface area (Å²) in [5.74, 6) is -0.154. The smallest absolute Gasteiger partial charge is 0.303 e. The van der Waals surface area contributed by atoms with Crippen LogP contribution in [0.3, 0.4) is 0 Å². The molecule has 0 spiro atoms. The number of aliphatic hydroxyl groups excluding tert-OH is 1. The second-order valence-electron chi connectivity index (χ2n) is 12.3. The van der Waals surface area contributed by atoms with Gasteiger partial charge in [-0.3, -0.25) is 9.59 Å². The number of aliphatic carboxylic acids is 2. The van der Waals surface area contributed by atoms with E-state index < -0.39 is 18.2 Å². The third-order valence-electron chi connectivity index (χ3n) is 9.57. The van der Waals surface area contributed by atoms with E-state index in [2.05, 4.69) is 33.3 Å². The van der Waals surface area contributed by atoms with Crippen molar-refractivity contribution in [3.63, 3.8) is 0 Å². The number of carboxylic acid groups (broad SMARTS) is 2. The number of aliphatic hydroxyl groups is 1. The molecule has 238 valence electrons. The van der Waals surface area contributed by atoms with Crippen LogP contribution in [-0.4, -0.2) is 64.5 Å². The highest BCUT2D eigenvalue weighted by Gasteiger charge is 2.45. The Labute approximate surface area is 261 Å². The van der Waals surface area contributed by atoms with E-state index in [9.17, 15) is 30.0 Å². The Morgan fingerprint density at radius 2 is 1.41 bits per heavy atom. The normalized spacial score (nSPS) is 22.1. The molecule has 11 heteroatoms. The van der Waals surface area contributed by atoms with Gasteiger partial charge in [-0.2, -0.15) is 11.8 Å². The Hall–Kier alpha value is -3.57. The summed E-state index contributed by atoms with van der Waals surface area (Å²) >= 11 is 1.90. The number of H-pyrrole nitrogens is 3. The first kappa shape index (κ1) is 31.8. The quantitative estimate of drug-likeness (QED) is 0.126. The van der Waals surface area contributed by atoms with Gasteiger partial charge < -0.3 is 40.7 Å². The van der Waals surface area contributed by atoms with Gasteiger partial charge in [0.05, 0.1) is 0 Å². The van der Waals surface area contributed by atoms with Crippen molar-refractivity contribution in [3.05, 3.63) is 67.5 Å². The predicted octanol–water partition coefficient (Wildman–Crippen LogP) is 4.71. The van der Waals surface area contributed by atoms with Crippen LogP contribution in [0.5, 0.6) is 5.88 Å². The number of carboxylic acids is 2. The molecule has 0 bridgehead atoms. The molecule has 0 aromatic carbocycles. The Bertz CT molecular complexity index is 1590. The molecule has 2 saturated heterocycles. The van der Waals surface area contributed by atoms with Gasteiger partial charge in [-0.15, -0.1) is 0 Å². The van der Waals surface area contributed by atoms with Crippen molar-refractivity contribution in [1.82, 2.24) is 20.3 Å². The topological polar surface area (TPSA) is 174 Å². The van der Waals surface area contributed by atoms with Crippen LogP contribution in [0.2, 0.25) is 0 Å². The summed E-state index contributed by atoms with van der Waals surface area (Å²) in [6.45, 7) is 10.1. The Morgan fingerprint density at radius 3 is 1.98 bits per heavy atom. The highest BCUT2D eigenvalue weighted by atomic mass is 32.2. The molecule has 2 aliphatic rings. The van der Waals surface area contributed by atoms with Gasteiger partial charge in [0, 0.05) is 88.3 Å². The zero-order valence-corrected chi connectivity index (χ0v) is 26.9. The minimum atomic E-state index is -0.869. The SMILES string of the molecule is CCc1c(O)[nH]c(Cc2[nH]c(Cc3[nH]c(/C=C4\NC(O)[C@H](C)[C@H]4[C@H]4CS4)c(C)c3CCC(=O)O)c(CCC(=O)O)c2C)c1C. The lowest BCUT2D eigenvalue weighted by Gasteiger charge is -2.14. The summed E-state index contributed by atoms with van der Waals surface area (Å²) in [4.78, 5) is 33.5. The highest BCUT2D eigenvalue weighted by Crippen LogP contribution is 2.47. The lowest BCUT2D eigenvalue weighted by Crippen LogP contribution is -2.24. The van der Waals surface area contributed by atoms with E-state index in [-0.39, 0.29) is 30.6 Å². The Morgan fingerprint density at radius 1 is 0.864 bits per heavy atom. The Kier molecular flexibility index (Phi) is 9.27. The average Bonchev–Trinajstić information content (AvgIpc) is 3.53. The summed E-state index contributed by atoms with van der Waals surface area (Å²) in [7, 11) is 0. The van der Waals surface area contributed by atoms with E-state index in [4.69, 9.17) is 0 Å². The molecular formula is C33H44N4O6S. The molecular weight excluding hydrogens is 580 g/mol. The highest BCUT2D eigenvalue weighted by molar-refractivity contribution is 8.06. The van der Waals surface area contributed by atoms with Crippen LogP contribution in [0, 0.1) is 32.6 Å². The zero-order valence-electron chi connectivity index (χ0n) is 26.1. The molecule has 4 atom stereocenters. The first-order valence-corrected chi connectivity index (χ1v) is 16.4. The van der Waals surface area contributed by atoms with E-state index >= 15 is 0 Å². The summed E-state index contributed by atoms with van der Waals surface area (Å²) in [5.41, 5.74) is 11.3. The zero-order chi connectivity index (χ0) is 31.9. The van der Waals surface area contributed by atoms with E-state index in [1.165, 1.54) is 0 Å². The molecule has 2 fully saturated rings. The molecule has 0 saturated carbocycles. The molecule has 0 radical (unpaired) electrons. The van der Waals surface area contributed by atoms with Gasteiger partial charge in [-0.05, 0) is 73.9 Å². The fraction of sp³-hybridized carbons (Fsp3) is 0.515. The molecule has 1 unspecified atom stereocenters. The molecule has 5 heterocycles. The minimum Gasteiger partial charge on any atom is -0.494 e. The van der Waals surface area contributed by atoms with Gasteiger partial charge in [0.2, 0.25) is 0 Å². The van der Waals surface area contributed by atoms with E-state index in [1.807, 2.05) is 39.5 Å². The van der Waals surface area contributed by atoms with Gasteiger partial charge in [0.25, 0.3) is 0 Å². The predicted molar refractivity (Wildman–Crippen MR) is 171 cm³/mol. The summed E-state index contributed by atoms with van der Waals surface area (Å²) in [5, 5.41) is 43.7. The van der Waals surface area contributed by atoms with Gasteiger partial charge >= 0.3 is 11.9 Å². The fourth-order valence-electron chi connectivity index (χ4n) is 6.85. The van der Waals surface area contributed by atoms with Gasteiger partial charge in [0.1, 0.15) is 6.23 Å². The molecule has 3 aromatic rings. The fourth-order valence-corrected chi connectivity index (χ4v) is 7.77. The minimum absolute atomic E-state index is 0.00667. The van der Waals surface area contributed by atoms with Crippen molar-refractivity contribution in [2.75, 3.05) is 5.75 Å². The number of aromatic amines is 3. The molecule has 3 aromatic heterocycles. The third kappa shape index (κ3) is 6.44. The molecule has 2 aliphatic heterocycles. The number of thioether (sulfide) groups is 1. The number of aromatic nitrogens is 3. The first-order valence-electron chi connectivity index (χ1n) is 15.4. The lowest BCUT2D eigenvalue weighted by atomic mass is 9.91. The number of rotatable bonds is 13. The second kappa shape index (κ2) is 12.8. The molecule has 0 amide bonds. The summed E-state index contributed by atoms with van der Waals surface area (Å²) in [6, 6.07) is 0. The van der Waals surface area contributed by atoms with Crippen molar-refractivity contribution < 1.29 is 30.0 Å². The second-order valence-corrected chi connectivity index (χ2v) is 13.6. The number of carbonyl (C=O) groups is 2. The van der Waals surface area contributed by atoms with Crippen LogP contribution in [0.15, 0.2) is 5.70 Å². The molecule has 0 aliphatic carbocycles. The van der Waals surface area contributed by atoms with Crippen LogP contribution in [-0.2, 0) is 41.7 Å². The number of allylic oxidation sites excluding steroid dienone is 1. The van der Waals surface area contributed by atoms with Crippen molar-refractivity contribution in [3.8, 4) is 5.88 Å². The molecule has 44 heavy (non-hydrogen) atoms. The maximum absolute atomic E-state index is 11.6. The number of nitrogens with one attached hydrogen (secondary N) is 4. The lowest BCUT2D eigenvalue weighted by molar-refractivity contribution is -0.138. The number of hydrogen-bond acceptors (Lipinski definition) is 6. The van der Waals surface area contributed by atoms with Crippen LogP contribution >= 0.6 is 11.8 Å². The van der Waals surface area contributed by atoms with Gasteiger partial charge in [-0.1, -0.05) is 13.8 Å². The number of hydrogen-bond donors (Lipinski definition) is 8. The molecule has 8 N–H and O–H groups in total. The van der Waals surface area contributed by atoms with Crippen molar-refractivity contribution >= 4 is 29.8 Å². The average molecular weight is 625 g/mol. The van der Waals surface area contributed by atoms with E-state index in [1.54, 1.807) is 0 Å². The summed E-state index contributed by atoms with van der Waals surface area (Å²) in [6.07, 6.45) is 3.88. The molecule has 10 nitrogen and oxygen atoms in total. The maximum Gasteiger partial charge on any atom is 0.303 e. The van der Waals surface area contributed by atoms with Crippen LogP contribution in [0.25, 0.3) is 6.08 Å². The van der Waals surface area contributed by atoms with Gasteiger partial charge in [-0.25, -0.2) is 0 Å². The van der Waals surface area contributed by atoms with Gasteiger partial charge in [0.15, 0.2) is 5.88 Å². The first-order chi connectivity index (χ1) is 20.9. The summed E-state index contributed by atoms with van der Waals surface area (Å²) < 4.78 is 0. The van der Waals surface area contributed by atoms with Crippen LogP contribution < -0.4 is 5.32 Å². The van der Waals surface area contributed by atoms with E-state index in [0.717, 1.165) is 73.3 Å². The maximum atomic E-state index is 11.6. The number of aromatic hydroxyl groups is 1. The van der Waals surface area contributed by atoms with Crippen molar-refractivity contribution in [2.24, 2.45) is 11.8 Å². The largest absolute Gasteiger partial charge is 0.494 e. The standard InChI is InChI=1S/C33H44N4O6S/c1-6-19-15(2)24(36-33(19)43)11-22-16(3)20(7-9-29(38)39)25(34-22)13-26-21(8-10-30(40)41)17(4)23(35-26)12-27-31(28-14-44-28)18(5)32(42)37-27/h12,18,28,31-32,34-37,42-43H,6-11,13-14H2,1-5H3,(H,38,39)(H,40,41)/b27-12-/t18-,28-,31-,32?/m1/s1. The van der Waals surface area contributed by atoms with E-state index in [0.29, 0.717) is 37.4 Å². The van der Waals surface area contributed by atoms with Crippen molar-refractivity contribution in [1.29, 1.82) is 0 Å². The third-order valence-corrected chi connectivity index (χ3v) is 10.6. The van der Waals surface area contributed by atoms with Crippen LogP contribution in [0.4, 0.5) is 0 Å².